The summed E-state index contributed by atoms with van der Waals surface area (Å²) in [7, 11) is 0. The van der Waals surface area contributed by atoms with Gasteiger partial charge in [0.05, 0.1) is 0 Å². The Hall–Kier alpha value is -2.90. The Bertz CT molecular complexity index is 723. The van der Waals surface area contributed by atoms with Crippen LogP contribution < -0.4 is 4.74 Å². The van der Waals surface area contributed by atoms with E-state index < -0.39 is 10.9 Å². The van der Waals surface area contributed by atoms with Crippen LogP contribution in [0.2, 0.25) is 0 Å². The first-order valence-corrected chi connectivity index (χ1v) is 6.53. The number of nitrogens with zero attached hydrogens (tertiary/aromatic N) is 3. The Morgan fingerprint density at radius 1 is 1.45 bits per heavy atom. The monoisotopic (exact) mass is 305 g/mol. The van der Waals surface area contributed by atoms with E-state index in [9.17, 15) is 14.9 Å². The Balaban J connectivity index is 2.12. The lowest BCUT2D eigenvalue weighted by Gasteiger charge is -2.10. The molecular weight excluding hydrogens is 290 g/mol. The van der Waals surface area contributed by atoms with E-state index in [2.05, 4.69) is 4.98 Å². The fourth-order valence-corrected chi connectivity index (χ4v) is 2.05. The van der Waals surface area contributed by atoms with Crippen molar-refractivity contribution in [3.05, 3.63) is 51.5 Å². The highest BCUT2D eigenvalue weighted by Crippen LogP contribution is 2.21. The summed E-state index contributed by atoms with van der Waals surface area (Å²) in [5, 5.41) is 20.0. The van der Waals surface area contributed by atoms with Gasteiger partial charge in [0, 0.05) is 6.92 Å². The second-order valence-corrected chi connectivity index (χ2v) is 4.73. The molecule has 1 N–H and O–H groups in total. The molecule has 0 saturated heterocycles. The van der Waals surface area contributed by atoms with Gasteiger partial charge in [-0.2, -0.15) is 0 Å². The van der Waals surface area contributed by atoms with E-state index in [1.54, 1.807) is 19.1 Å². The van der Waals surface area contributed by atoms with Gasteiger partial charge in [-0.05, 0) is 29.5 Å². The van der Waals surface area contributed by atoms with Crippen LogP contribution in [0.1, 0.15) is 21.7 Å². The number of aromatic nitrogens is 2. The number of hydrogen-bond donors (Lipinski definition) is 1. The van der Waals surface area contributed by atoms with Crippen LogP contribution in [0.4, 0.5) is 5.82 Å². The van der Waals surface area contributed by atoms with Crippen LogP contribution in [0.25, 0.3) is 0 Å². The third kappa shape index (κ3) is 3.22. The number of aromatic carboxylic acids is 1. The number of carbonyl (C=O) groups is 1. The van der Waals surface area contributed by atoms with Crippen LogP contribution in [-0.4, -0.2) is 32.2 Å². The van der Waals surface area contributed by atoms with Crippen LogP contribution in [0.5, 0.6) is 5.75 Å². The molecule has 22 heavy (non-hydrogen) atoms. The number of imidazole rings is 1. The Labute approximate surface area is 126 Å². The minimum atomic E-state index is -1.08. The van der Waals surface area contributed by atoms with Crippen molar-refractivity contribution in [2.75, 3.05) is 6.61 Å². The molecular formula is C14H15N3O5. The molecule has 0 bridgehead atoms. The Morgan fingerprint density at radius 3 is 2.82 bits per heavy atom. The standard InChI is InChI=1S/C14H15N3O5/c1-9-3-4-11(14(18)19)12(7-9)22-6-5-16-10(2)15-8-13(16)17(20)21/h3-4,7-8H,5-6H2,1-2H3,(H,18,19). The molecule has 0 amide bonds. The first-order valence-electron chi connectivity index (χ1n) is 6.53. The van der Waals surface area contributed by atoms with Gasteiger partial charge >= 0.3 is 11.8 Å². The zero-order chi connectivity index (χ0) is 16.3. The van der Waals surface area contributed by atoms with Crippen molar-refractivity contribution in [2.45, 2.75) is 20.4 Å². The second kappa shape index (κ2) is 6.25. The minimum Gasteiger partial charge on any atom is -0.489 e. The number of carboxylic acid groups (broad SMARTS) is 1. The van der Waals surface area contributed by atoms with E-state index >= 15 is 0 Å². The summed E-state index contributed by atoms with van der Waals surface area (Å²) in [5.74, 6) is -0.463. The van der Waals surface area contributed by atoms with Gasteiger partial charge in [0.15, 0.2) is 5.82 Å². The number of nitro groups is 1. The fraction of sp³-hybridized carbons (Fsp3) is 0.286. The minimum absolute atomic E-state index is 0.0578. The van der Waals surface area contributed by atoms with Gasteiger partial charge < -0.3 is 20.0 Å². The zero-order valence-corrected chi connectivity index (χ0v) is 12.1. The summed E-state index contributed by atoms with van der Waals surface area (Å²) in [6.45, 7) is 3.78. The third-order valence-electron chi connectivity index (χ3n) is 3.16. The summed E-state index contributed by atoms with van der Waals surface area (Å²) in [5.41, 5.74) is 0.923. The van der Waals surface area contributed by atoms with Crippen molar-refractivity contribution >= 4 is 11.8 Å². The Morgan fingerprint density at radius 2 is 2.18 bits per heavy atom. The lowest BCUT2D eigenvalue weighted by Crippen LogP contribution is -2.13. The van der Waals surface area contributed by atoms with Crippen molar-refractivity contribution < 1.29 is 19.6 Å². The highest BCUT2D eigenvalue weighted by Gasteiger charge is 2.18. The summed E-state index contributed by atoms with van der Waals surface area (Å²) in [4.78, 5) is 25.4. The molecule has 0 aliphatic carbocycles. The molecule has 8 nitrogen and oxygen atoms in total. The van der Waals surface area contributed by atoms with Crippen molar-refractivity contribution in [3.8, 4) is 5.75 Å². The van der Waals surface area contributed by atoms with Crippen LogP contribution in [-0.2, 0) is 6.54 Å². The smallest absolute Gasteiger partial charge is 0.342 e. The maximum absolute atomic E-state index is 11.1. The van der Waals surface area contributed by atoms with Gasteiger partial charge in [-0.15, -0.1) is 0 Å². The summed E-state index contributed by atoms with van der Waals surface area (Å²) >= 11 is 0. The molecule has 1 aromatic heterocycles. The fourth-order valence-electron chi connectivity index (χ4n) is 2.05. The average molecular weight is 305 g/mol. The number of carboxylic acids is 1. The normalized spacial score (nSPS) is 10.5. The molecule has 0 spiro atoms. The van der Waals surface area contributed by atoms with E-state index in [0.29, 0.717) is 5.82 Å². The van der Waals surface area contributed by atoms with E-state index in [1.165, 1.54) is 16.8 Å². The highest BCUT2D eigenvalue weighted by molar-refractivity contribution is 5.90. The van der Waals surface area contributed by atoms with Gasteiger partial charge in [-0.25, -0.2) is 14.3 Å². The SMILES string of the molecule is Cc1ccc(C(=O)O)c(OCCn2c([N+](=O)[O-])cnc2C)c1. The molecule has 8 heteroatoms. The largest absolute Gasteiger partial charge is 0.489 e. The molecule has 0 aliphatic heterocycles. The summed E-state index contributed by atoms with van der Waals surface area (Å²) in [6.07, 6.45) is 1.19. The molecule has 2 rings (SSSR count). The van der Waals surface area contributed by atoms with Crippen molar-refractivity contribution in [3.63, 3.8) is 0 Å². The quantitative estimate of drug-likeness (QED) is 0.647. The molecule has 1 heterocycles. The van der Waals surface area contributed by atoms with E-state index in [-0.39, 0.29) is 30.3 Å². The average Bonchev–Trinajstić information content (AvgIpc) is 2.80. The topological polar surface area (TPSA) is 107 Å². The van der Waals surface area contributed by atoms with Gasteiger partial charge in [0.2, 0.25) is 0 Å². The van der Waals surface area contributed by atoms with Crippen LogP contribution in [0, 0.1) is 24.0 Å². The zero-order valence-electron chi connectivity index (χ0n) is 12.1. The summed E-state index contributed by atoms with van der Waals surface area (Å²) in [6, 6.07) is 4.78. The molecule has 0 saturated carbocycles. The number of ether oxygens (including phenoxy) is 1. The van der Waals surface area contributed by atoms with Crippen LogP contribution >= 0.6 is 0 Å². The van der Waals surface area contributed by atoms with Gasteiger partial charge in [-0.3, -0.25) is 0 Å². The third-order valence-corrected chi connectivity index (χ3v) is 3.16. The Kier molecular flexibility index (Phi) is 4.40. The van der Waals surface area contributed by atoms with Crippen molar-refractivity contribution in [1.29, 1.82) is 0 Å². The molecule has 0 fully saturated rings. The van der Waals surface area contributed by atoms with Crippen LogP contribution in [0.15, 0.2) is 24.4 Å². The first kappa shape index (κ1) is 15.5. The van der Waals surface area contributed by atoms with Crippen LogP contribution in [0.3, 0.4) is 0 Å². The second-order valence-electron chi connectivity index (χ2n) is 4.73. The number of benzene rings is 1. The lowest BCUT2D eigenvalue weighted by molar-refractivity contribution is -0.392. The first-order chi connectivity index (χ1) is 10.4. The maximum Gasteiger partial charge on any atom is 0.342 e. The van der Waals surface area contributed by atoms with Crippen molar-refractivity contribution in [1.82, 2.24) is 9.55 Å². The molecule has 1 aromatic carbocycles. The van der Waals surface area contributed by atoms with Gasteiger partial charge in [-0.1, -0.05) is 6.07 Å². The van der Waals surface area contributed by atoms with E-state index in [1.807, 2.05) is 6.92 Å². The maximum atomic E-state index is 11.1. The number of aryl methyl sites for hydroxylation is 2. The molecule has 0 unspecified atom stereocenters. The molecule has 0 radical (unpaired) electrons. The molecule has 116 valence electrons. The predicted octanol–water partition coefficient (Wildman–Crippen LogP) is 2.19. The predicted molar refractivity (Wildman–Crippen MR) is 77.3 cm³/mol. The van der Waals surface area contributed by atoms with E-state index in [4.69, 9.17) is 9.84 Å². The number of hydrogen-bond acceptors (Lipinski definition) is 5. The lowest BCUT2D eigenvalue weighted by atomic mass is 10.1. The van der Waals surface area contributed by atoms with E-state index in [0.717, 1.165) is 5.56 Å². The molecule has 0 aliphatic rings. The summed E-state index contributed by atoms with van der Waals surface area (Å²) < 4.78 is 6.90. The molecule has 2 aromatic rings. The van der Waals surface area contributed by atoms with Gasteiger partial charge in [0.25, 0.3) is 0 Å². The number of rotatable bonds is 6. The van der Waals surface area contributed by atoms with Crippen molar-refractivity contribution in [2.24, 2.45) is 0 Å². The highest BCUT2D eigenvalue weighted by atomic mass is 16.6. The molecule has 0 atom stereocenters. The van der Waals surface area contributed by atoms with Gasteiger partial charge in [0.1, 0.15) is 30.7 Å².